The van der Waals surface area contributed by atoms with Gasteiger partial charge in [0.2, 0.25) is 0 Å². The van der Waals surface area contributed by atoms with Gasteiger partial charge in [-0.05, 0) is 27.2 Å². The number of urea groups is 1. The lowest BCUT2D eigenvalue weighted by molar-refractivity contribution is -0.141. The summed E-state index contributed by atoms with van der Waals surface area (Å²) in [5.74, 6) is -1.19. The maximum Gasteiger partial charge on any atom is 0.315 e. The van der Waals surface area contributed by atoms with Crippen molar-refractivity contribution in [1.82, 2.24) is 10.6 Å². The van der Waals surface area contributed by atoms with Crippen LogP contribution in [0.1, 0.15) is 27.2 Å². The Balaban J connectivity index is 2.27. The highest BCUT2D eigenvalue weighted by atomic mass is 16.5. The van der Waals surface area contributed by atoms with Gasteiger partial charge in [-0.3, -0.25) is 4.79 Å². The van der Waals surface area contributed by atoms with Gasteiger partial charge in [-0.15, -0.1) is 0 Å². The lowest BCUT2D eigenvalue weighted by Crippen LogP contribution is -2.46. The third kappa shape index (κ3) is 4.18. The van der Waals surface area contributed by atoms with Crippen LogP contribution in [0, 0.1) is 11.8 Å². The summed E-state index contributed by atoms with van der Waals surface area (Å²) in [7, 11) is 0. The van der Waals surface area contributed by atoms with Crippen molar-refractivity contribution in [3.05, 3.63) is 0 Å². The summed E-state index contributed by atoms with van der Waals surface area (Å²) in [5.41, 5.74) is 0. The van der Waals surface area contributed by atoms with E-state index in [9.17, 15) is 9.59 Å². The van der Waals surface area contributed by atoms with E-state index in [4.69, 9.17) is 9.84 Å². The summed E-state index contributed by atoms with van der Waals surface area (Å²) >= 11 is 0. The summed E-state index contributed by atoms with van der Waals surface area (Å²) in [5, 5.41) is 14.2. The fourth-order valence-corrected chi connectivity index (χ4v) is 1.86. The topological polar surface area (TPSA) is 87.7 Å². The van der Waals surface area contributed by atoms with Crippen LogP contribution in [0.4, 0.5) is 4.79 Å². The Bertz CT molecular complexity index is 308. The van der Waals surface area contributed by atoms with Crippen LogP contribution in [-0.2, 0) is 9.53 Å². The summed E-state index contributed by atoms with van der Waals surface area (Å²) < 4.78 is 5.40. The van der Waals surface area contributed by atoms with Gasteiger partial charge in [-0.25, -0.2) is 4.79 Å². The van der Waals surface area contributed by atoms with Crippen molar-refractivity contribution in [2.45, 2.75) is 39.3 Å². The minimum atomic E-state index is -0.916. The van der Waals surface area contributed by atoms with Crippen molar-refractivity contribution >= 4 is 12.0 Å². The number of carboxylic acids is 1. The molecule has 0 spiro atoms. The third-order valence-electron chi connectivity index (χ3n) is 3.56. The van der Waals surface area contributed by atoms with E-state index in [0.717, 1.165) is 13.0 Å². The lowest BCUT2D eigenvalue weighted by Gasteiger charge is -2.20. The largest absolute Gasteiger partial charge is 0.481 e. The molecule has 1 heterocycles. The summed E-state index contributed by atoms with van der Waals surface area (Å²) in [4.78, 5) is 22.3. The zero-order chi connectivity index (χ0) is 13.7. The first-order valence-corrected chi connectivity index (χ1v) is 6.30. The maximum atomic E-state index is 11.6. The summed E-state index contributed by atoms with van der Waals surface area (Å²) in [6.07, 6.45) is 1.11. The number of carbonyl (C=O) groups is 2. The van der Waals surface area contributed by atoms with Gasteiger partial charge in [-0.2, -0.15) is 0 Å². The van der Waals surface area contributed by atoms with Gasteiger partial charge >= 0.3 is 12.0 Å². The van der Waals surface area contributed by atoms with Crippen molar-refractivity contribution in [2.75, 3.05) is 13.2 Å². The molecule has 18 heavy (non-hydrogen) atoms. The second-order valence-electron chi connectivity index (χ2n) is 4.89. The highest BCUT2D eigenvalue weighted by molar-refractivity contribution is 5.76. The molecular formula is C12H22N2O4. The smallest absolute Gasteiger partial charge is 0.315 e. The van der Waals surface area contributed by atoms with Gasteiger partial charge in [0.05, 0.1) is 12.0 Å². The van der Waals surface area contributed by atoms with Gasteiger partial charge in [-0.1, -0.05) is 0 Å². The van der Waals surface area contributed by atoms with Crippen LogP contribution in [-0.4, -0.2) is 42.4 Å². The van der Waals surface area contributed by atoms with E-state index in [1.165, 1.54) is 0 Å². The van der Waals surface area contributed by atoms with Crippen LogP contribution in [0.15, 0.2) is 0 Å². The number of rotatable bonds is 5. The molecule has 1 aliphatic heterocycles. The van der Waals surface area contributed by atoms with Crippen LogP contribution in [0.25, 0.3) is 0 Å². The minimum absolute atomic E-state index is 0.167. The molecule has 3 N–H and O–H groups in total. The molecule has 6 heteroatoms. The molecule has 1 aliphatic rings. The lowest BCUT2D eigenvalue weighted by atomic mass is 10.0. The Kier molecular flexibility index (Phi) is 5.40. The van der Waals surface area contributed by atoms with Gasteiger partial charge < -0.3 is 20.5 Å². The van der Waals surface area contributed by atoms with Gasteiger partial charge in [0.25, 0.3) is 0 Å². The standard InChI is InChI=1S/C12H22N2O4/c1-7(11(15)16)8(2)14-12(17)13-6-10-4-5-18-9(10)3/h7-10H,4-6H2,1-3H3,(H,15,16)(H2,13,14,17). The van der Waals surface area contributed by atoms with E-state index in [1.54, 1.807) is 13.8 Å². The first kappa shape index (κ1) is 14.8. The van der Waals surface area contributed by atoms with Gasteiger partial charge in [0, 0.05) is 25.1 Å². The van der Waals surface area contributed by atoms with E-state index in [0.29, 0.717) is 12.5 Å². The van der Waals surface area contributed by atoms with Crippen LogP contribution < -0.4 is 10.6 Å². The zero-order valence-corrected chi connectivity index (χ0v) is 11.1. The van der Waals surface area contributed by atoms with Crippen LogP contribution in [0.3, 0.4) is 0 Å². The minimum Gasteiger partial charge on any atom is -0.481 e. The van der Waals surface area contributed by atoms with Crippen molar-refractivity contribution in [2.24, 2.45) is 11.8 Å². The highest BCUT2D eigenvalue weighted by Crippen LogP contribution is 2.19. The number of aliphatic carboxylic acids is 1. The SMILES string of the molecule is CC(NC(=O)NCC1CCOC1C)C(C)C(=O)O. The van der Waals surface area contributed by atoms with E-state index in [2.05, 4.69) is 10.6 Å². The zero-order valence-electron chi connectivity index (χ0n) is 11.1. The number of carboxylic acid groups (broad SMARTS) is 1. The Morgan fingerprint density at radius 2 is 2.11 bits per heavy atom. The number of hydrogen-bond donors (Lipinski definition) is 3. The van der Waals surface area contributed by atoms with Crippen molar-refractivity contribution < 1.29 is 19.4 Å². The average Bonchev–Trinajstić information content (AvgIpc) is 2.71. The number of nitrogens with one attached hydrogen (secondary N) is 2. The molecular weight excluding hydrogens is 236 g/mol. The van der Waals surface area contributed by atoms with Crippen molar-refractivity contribution in [3.63, 3.8) is 0 Å². The number of amides is 2. The van der Waals surface area contributed by atoms with Crippen LogP contribution in [0.5, 0.6) is 0 Å². The van der Waals surface area contributed by atoms with Crippen molar-refractivity contribution in [3.8, 4) is 0 Å². The molecule has 0 aromatic rings. The molecule has 0 bridgehead atoms. The highest BCUT2D eigenvalue weighted by Gasteiger charge is 2.25. The molecule has 4 unspecified atom stereocenters. The second kappa shape index (κ2) is 6.58. The van der Waals surface area contributed by atoms with Crippen LogP contribution >= 0.6 is 0 Å². The maximum absolute atomic E-state index is 11.6. The number of ether oxygens (including phenoxy) is 1. The molecule has 0 saturated carbocycles. The first-order chi connectivity index (χ1) is 8.41. The quantitative estimate of drug-likeness (QED) is 0.681. The van der Waals surface area contributed by atoms with Gasteiger partial charge in [0.15, 0.2) is 0 Å². The van der Waals surface area contributed by atoms with Crippen LogP contribution in [0.2, 0.25) is 0 Å². The van der Waals surface area contributed by atoms with E-state index >= 15 is 0 Å². The predicted octanol–water partition coefficient (Wildman–Crippen LogP) is 0.820. The molecule has 1 saturated heterocycles. The first-order valence-electron chi connectivity index (χ1n) is 6.30. The molecule has 104 valence electrons. The Morgan fingerprint density at radius 1 is 1.44 bits per heavy atom. The normalized spacial score (nSPS) is 26.4. The average molecular weight is 258 g/mol. The van der Waals surface area contributed by atoms with E-state index in [1.807, 2.05) is 6.92 Å². The monoisotopic (exact) mass is 258 g/mol. The van der Waals surface area contributed by atoms with Crippen molar-refractivity contribution in [1.29, 1.82) is 0 Å². The fraction of sp³-hybridized carbons (Fsp3) is 0.833. The van der Waals surface area contributed by atoms with E-state index < -0.39 is 17.9 Å². The number of hydrogen-bond acceptors (Lipinski definition) is 3. The molecule has 0 aliphatic carbocycles. The molecule has 4 atom stereocenters. The molecule has 0 aromatic heterocycles. The Morgan fingerprint density at radius 3 is 2.61 bits per heavy atom. The molecule has 1 fully saturated rings. The van der Waals surface area contributed by atoms with Gasteiger partial charge in [0.1, 0.15) is 0 Å². The number of carbonyl (C=O) groups excluding carboxylic acids is 1. The van der Waals surface area contributed by atoms with E-state index in [-0.39, 0.29) is 12.1 Å². The molecule has 0 aromatic carbocycles. The fourth-order valence-electron chi connectivity index (χ4n) is 1.86. The molecule has 2 amide bonds. The molecule has 0 radical (unpaired) electrons. The Hall–Kier alpha value is -1.30. The summed E-state index contributed by atoms with van der Waals surface area (Å²) in [6, 6.07) is -0.727. The Labute approximate surface area is 107 Å². The summed E-state index contributed by atoms with van der Waals surface area (Å²) in [6.45, 7) is 6.54. The molecule has 6 nitrogen and oxygen atoms in total. The third-order valence-corrected chi connectivity index (χ3v) is 3.56. The second-order valence-corrected chi connectivity index (χ2v) is 4.89. The predicted molar refractivity (Wildman–Crippen MR) is 66.3 cm³/mol. The molecule has 1 rings (SSSR count).